The molecular weight excluding hydrogens is 342 g/mol. The van der Waals surface area contributed by atoms with E-state index in [2.05, 4.69) is 5.10 Å². The van der Waals surface area contributed by atoms with Crippen molar-refractivity contribution < 1.29 is 17.9 Å². The van der Waals surface area contributed by atoms with Crippen molar-refractivity contribution in [3.05, 3.63) is 17.5 Å². The van der Waals surface area contributed by atoms with Gasteiger partial charge in [-0.2, -0.15) is 5.10 Å². The van der Waals surface area contributed by atoms with Crippen molar-refractivity contribution >= 4 is 15.7 Å². The molecule has 1 amide bonds. The molecule has 3 heterocycles. The molecule has 3 atom stereocenters. The third-order valence-electron chi connectivity index (χ3n) is 5.44. The normalized spacial score (nSPS) is 32.1. The zero-order valence-corrected chi connectivity index (χ0v) is 15.5. The summed E-state index contributed by atoms with van der Waals surface area (Å²) in [7, 11) is -2.99. The molecule has 1 aromatic rings. The van der Waals surface area contributed by atoms with Crippen molar-refractivity contribution in [2.45, 2.75) is 57.2 Å². The number of aromatic nitrogens is 2. The average Bonchev–Trinajstić information content (AvgIpc) is 3.19. The summed E-state index contributed by atoms with van der Waals surface area (Å²) in [6.07, 6.45) is 2.76. The number of carbonyl (C=O) groups is 1. The first-order valence-corrected chi connectivity index (χ1v) is 10.9. The van der Waals surface area contributed by atoms with E-state index >= 15 is 0 Å². The number of nitrogens with zero attached hydrogens (tertiary/aromatic N) is 3. The Balaban J connectivity index is 1.64. The van der Waals surface area contributed by atoms with Crippen LogP contribution < -0.4 is 0 Å². The molecule has 1 aliphatic carbocycles. The van der Waals surface area contributed by atoms with E-state index in [9.17, 15) is 13.2 Å². The van der Waals surface area contributed by atoms with Gasteiger partial charge in [-0.05, 0) is 39.2 Å². The molecule has 0 aromatic carbocycles. The molecule has 1 saturated carbocycles. The molecule has 4 rings (SSSR count). The van der Waals surface area contributed by atoms with Crippen LogP contribution in [0, 0.1) is 0 Å². The van der Waals surface area contributed by atoms with Crippen LogP contribution in [-0.4, -0.2) is 65.8 Å². The van der Waals surface area contributed by atoms with Crippen LogP contribution in [0.1, 0.15) is 61.3 Å². The first kappa shape index (κ1) is 17.0. The Morgan fingerprint density at radius 3 is 2.44 bits per heavy atom. The molecule has 1 aromatic heterocycles. The molecule has 3 fully saturated rings. The van der Waals surface area contributed by atoms with E-state index in [1.807, 2.05) is 29.5 Å². The van der Waals surface area contributed by atoms with Gasteiger partial charge in [0.05, 0.1) is 42.8 Å². The molecular formula is C17H25N3O4S. The van der Waals surface area contributed by atoms with Crippen molar-refractivity contribution in [1.82, 2.24) is 14.7 Å². The molecule has 138 valence electrons. The summed E-state index contributed by atoms with van der Waals surface area (Å²) >= 11 is 0. The fraction of sp³-hybridized carbons (Fsp3) is 0.765. The second-order valence-corrected chi connectivity index (χ2v) is 9.91. The van der Waals surface area contributed by atoms with Crippen LogP contribution in [0.3, 0.4) is 0 Å². The predicted molar refractivity (Wildman–Crippen MR) is 92.4 cm³/mol. The fourth-order valence-electron chi connectivity index (χ4n) is 3.99. The van der Waals surface area contributed by atoms with Crippen LogP contribution in [-0.2, 0) is 14.6 Å². The van der Waals surface area contributed by atoms with E-state index in [1.54, 1.807) is 0 Å². The number of amides is 1. The van der Waals surface area contributed by atoms with E-state index in [1.165, 1.54) is 0 Å². The third-order valence-corrected chi connectivity index (χ3v) is 7.19. The predicted octanol–water partition coefficient (Wildman–Crippen LogP) is 1.37. The second-order valence-electron chi connectivity index (χ2n) is 7.68. The van der Waals surface area contributed by atoms with Gasteiger partial charge in [-0.3, -0.25) is 9.48 Å². The number of sulfone groups is 1. The maximum absolute atomic E-state index is 13.0. The van der Waals surface area contributed by atoms with Crippen LogP contribution in [0.4, 0.5) is 0 Å². The van der Waals surface area contributed by atoms with Crippen molar-refractivity contribution in [1.29, 1.82) is 0 Å². The van der Waals surface area contributed by atoms with E-state index in [4.69, 9.17) is 4.74 Å². The van der Waals surface area contributed by atoms with Gasteiger partial charge in [0.25, 0.3) is 5.91 Å². The highest BCUT2D eigenvalue weighted by Gasteiger charge is 2.38. The summed E-state index contributed by atoms with van der Waals surface area (Å²) in [6, 6.07) is 1.77. The van der Waals surface area contributed by atoms with Gasteiger partial charge < -0.3 is 9.64 Å². The molecule has 2 aliphatic heterocycles. The van der Waals surface area contributed by atoms with Gasteiger partial charge in [0.1, 0.15) is 0 Å². The van der Waals surface area contributed by atoms with Crippen molar-refractivity contribution in [3.63, 3.8) is 0 Å². The van der Waals surface area contributed by atoms with E-state index in [0.29, 0.717) is 31.2 Å². The minimum absolute atomic E-state index is 0.0117. The quantitative estimate of drug-likeness (QED) is 0.806. The van der Waals surface area contributed by atoms with Crippen molar-refractivity contribution in [3.8, 4) is 0 Å². The van der Waals surface area contributed by atoms with Gasteiger partial charge >= 0.3 is 0 Å². The lowest BCUT2D eigenvalue weighted by molar-refractivity contribution is -0.0252. The number of hydrogen-bond acceptors (Lipinski definition) is 5. The Hall–Kier alpha value is -1.41. The minimum atomic E-state index is -2.99. The molecule has 2 saturated heterocycles. The van der Waals surface area contributed by atoms with Crippen LogP contribution >= 0.6 is 0 Å². The van der Waals surface area contributed by atoms with Crippen LogP contribution in [0.2, 0.25) is 0 Å². The summed E-state index contributed by atoms with van der Waals surface area (Å²) in [6.45, 7) is 5.03. The molecule has 8 heteroatoms. The zero-order valence-electron chi connectivity index (χ0n) is 14.7. The summed E-state index contributed by atoms with van der Waals surface area (Å²) in [5.41, 5.74) is 1.46. The molecule has 25 heavy (non-hydrogen) atoms. The van der Waals surface area contributed by atoms with Crippen molar-refractivity contribution in [2.24, 2.45) is 0 Å². The summed E-state index contributed by atoms with van der Waals surface area (Å²) in [5, 5.41) is 4.58. The largest absolute Gasteiger partial charge is 0.377 e. The van der Waals surface area contributed by atoms with Crippen molar-refractivity contribution in [2.75, 3.05) is 24.7 Å². The fourth-order valence-corrected chi connectivity index (χ4v) is 5.69. The average molecular weight is 367 g/mol. The Bertz CT molecular complexity index is 774. The smallest absolute Gasteiger partial charge is 0.275 e. The van der Waals surface area contributed by atoms with Crippen LogP contribution in [0.5, 0.6) is 0 Å². The Morgan fingerprint density at radius 2 is 1.88 bits per heavy atom. The molecule has 3 aliphatic rings. The number of carbonyl (C=O) groups excluding carboxylic acids is 1. The SMILES string of the molecule is CC1COCC(C)N1C(=O)c1cc(C2CC2)n(C2CCS(=O)(=O)C2)n1. The van der Waals surface area contributed by atoms with Gasteiger partial charge in [-0.25, -0.2) is 8.42 Å². The lowest BCUT2D eigenvalue weighted by atomic mass is 10.1. The highest BCUT2D eigenvalue weighted by atomic mass is 32.2. The number of hydrogen-bond donors (Lipinski definition) is 0. The number of morpholine rings is 1. The second kappa shape index (κ2) is 6.09. The molecule has 7 nitrogen and oxygen atoms in total. The Morgan fingerprint density at radius 1 is 1.20 bits per heavy atom. The lowest BCUT2D eigenvalue weighted by Gasteiger charge is -2.38. The molecule has 0 radical (unpaired) electrons. The summed E-state index contributed by atoms with van der Waals surface area (Å²) in [5.74, 6) is 0.677. The first-order chi connectivity index (χ1) is 11.9. The number of rotatable bonds is 3. The topological polar surface area (TPSA) is 81.5 Å². The maximum atomic E-state index is 13.0. The van der Waals surface area contributed by atoms with Gasteiger partial charge in [-0.15, -0.1) is 0 Å². The maximum Gasteiger partial charge on any atom is 0.275 e. The highest BCUT2D eigenvalue weighted by molar-refractivity contribution is 7.91. The molecule has 3 unspecified atom stereocenters. The van der Waals surface area contributed by atoms with Gasteiger partial charge in [-0.1, -0.05) is 0 Å². The van der Waals surface area contributed by atoms with E-state index in [0.717, 1.165) is 18.5 Å². The summed E-state index contributed by atoms with van der Waals surface area (Å²) < 4.78 is 31.1. The van der Waals surface area contributed by atoms with Gasteiger partial charge in [0, 0.05) is 11.6 Å². The lowest BCUT2D eigenvalue weighted by Crippen LogP contribution is -2.52. The van der Waals surface area contributed by atoms with Crippen LogP contribution in [0.15, 0.2) is 6.07 Å². The van der Waals surface area contributed by atoms with Gasteiger partial charge in [0.2, 0.25) is 0 Å². The Labute approximate surface area is 148 Å². The van der Waals surface area contributed by atoms with E-state index in [-0.39, 0.29) is 35.5 Å². The third kappa shape index (κ3) is 3.21. The number of ether oxygens (including phenoxy) is 1. The molecule has 0 bridgehead atoms. The zero-order chi connectivity index (χ0) is 17.8. The standard InChI is InChI=1S/C17H25N3O4S/c1-11-8-24-9-12(2)19(11)17(21)15-7-16(13-3-4-13)20(18-15)14-5-6-25(22,23)10-14/h7,11-14H,3-6,8-10H2,1-2H3. The monoisotopic (exact) mass is 367 g/mol. The molecule has 0 N–H and O–H groups in total. The highest BCUT2D eigenvalue weighted by Crippen LogP contribution is 2.42. The summed E-state index contributed by atoms with van der Waals surface area (Å²) in [4.78, 5) is 14.9. The van der Waals surface area contributed by atoms with Crippen LogP contribution in [0.25, 0.3) is 0 Å². The van der Waals surface area contributed by atoms with E-state index < -0.39 is 9.84 Å². The molecule has 0 spiro atoms. The first-order valence-electron chi connectivity index (χ1n) is 9.06. The minimum Gasteiger partial charge on any atom is -0.377 e. The van der Waals surface area contributed by atoms with Gasteiger partial charge in [0.15, 0.2) is 15.5 Å². The Kier molecular flexibility index (Phi) is 4.15.